The fraction of sp³-hybridized carbons (Fsp3) is 0.538. The molecule has 0 amide bonds. The predicted molar refractivity (Wildman–Crippen MR) is 64.6 cm³/mol. The normalized spacial score (nSPS) is 18.9. The van der Waals surface area contributed by atoms with Gasteiger partial charge in [-0.2, -0.15) is 0 Å². The Kier molecular flexibility index (Phi) is 3.95. The van der Waals surface area contributed by atoms with Crippen molar-refractivity contribution in [1.82, 2.24) is 0 Å². The van der Waals surface area contributed by atoms with Gasteiger partial charge in [-0.3, -0.25) is 0 Å². The summed E-state index contributed by atoms with van der Waals surface area (Å²) < 4.78 is 25.8. The van der Waals surface area contributed by atoms with E-state index in [2.05, 4.69) is 15.9 Å². The maximum absolute atomic E-state index is 13.1. The molecule has 3 heteroatoms. The lowest BCUT2D eigenvalue weighted by Crippen LogP contribution is -2.00. The van der Waals surface area contributed by atoms with Gasteiger partial charge in [-0.15, -0.1) is 0 Å². The summed E-state index contributed by atoms with van der Waals surface area (Å²) in [6.45, 7) is 0. The Labute approximate surface area is 103 Å². The van der Waals surface area contributed by atoms with Crippen LogP contribution in [0.15, 0.2) is 18.2 Å². The van der Waals surface area contributed by atoms with E-state index in [0.717, 1.165) is 17.9 Å². The highest BCUT2D eigenvalue weighted by atomic mass is 79.9. The molecule has 0 saturated heterocycles. The molecule has 0 bridgehead atoms. The first-order valence-corrected chi connectivity index (χ1v) is 6.67. The highest BCUT2D eigenvalue weighted by molar-refractivity contribution is 9.09. The van der Waals surface area contributed by atoms with Gasteiger partial charge >= 0.3 is 0 Å². The van der Waals surface area contributed by atoms with Gasteiger partial charge in [0.2, 0.25) is 0 Å². The maximum Gasteiger partial charge on any atom is 0.159 e. The lowest BCUT2D eigenvalue weighted by Gasteiger charge is -2.15. The van der Waals surface area contributed by atoms with Gasteiger partial charge in [0.1, 0.15) is 0 Å². The van der Waals surface area contributed by atoms with Gasteiger partial charge < -0.3 is 0 Å². The van der Waals surface area contributed by atoms with Gasteiger partial charge in [0.15, 0.2) is 11.6 Å². The van der Waals surface area contributed by atoms with Crippen molar-refractivity contribution in [3.63, 3.8) is 0 Å². The Morgan fingerprint density at radius 3 is 2.50 bits per heavy atom. The fourth-order valence-electron chi connectivity index (χ4n) is 2.38. The van der Waals surface area contributed by atoms with Gasteiger partial charge in [-0.25, -0.2) is 8.78 Å². The van der Waals surface area contributed by atoms with E-state index in [1.54, 1.807) is 6.07 Å². The molecule has 0 aliphatic heterocycles. The van der Waals surface area contributed by atoms with Crippen molar-refractivity contribution in [2.75, 3.05) is 0 Å². The average Bonchev–Trinajstić information content (AvgIpc) is 2.74. The molecule has 1 aliphatic rings. The van der Waals surface area contributed by atoms with Gasteiger partial charge in [0.25, 0.3) is 0 Å². The zero-order valence-corrected chi connectivity index (χ0v) is 10.6. The molecule has 1 aliphatic carbocycles. The van der Waals surface area contributed by atoms with Crippen LogP contribution in [0, 0.1) is 17.6 Å². The molecular weight excluding hydrogens is 274 g/mol. The van der Waals surface area contributed by atoms with Crippen LogP contribution in [0.1, 0.15) is 42.5 Å². The third kappa shape index (κ3) is 2.82. The first-order valence-electron chi connectivity index (χ1n) is 5.76. The molecule has 0 nitrogen and oxygen atoms in total. The zero-order chi connectivity index (χ0) is 11.5. The molecule has 1 aromatic carbocycles. The SMILES string of the molecule is Fc1ccc(C(Br)CC2CCCC2)cc1F. The van der Waals surface area contributed by atoms with Crippen molar-refractivity contribution >= 4 is 15.9 Å². The second kappa shape index (κ2) is 5.26. The van der Waals surface area contributed by atoms with Gasteiger partial charge in [0.05, 0.1) is 0 Å². The van der Waals surface area contributed by atoms with E-state index < -0.39 is 11.6 Å². The van der Waals surface area contributed by atoms with Gasteiger partial charge in [0, 0.05) is 4.83 Å². The van der Waals surface area contributed by atoms with Crippen LogP contribution in [0.3, 0.4) is 0 Å². The van der Waals surface area contributed by atoms with E-state index in [0.29, 0.717) is 0 Å². The number of rotatable bonds is 3. The van der Waals surface area contributed by atoms with E-state index in [1.165, 1.54) is 37.8 Å². The number of benzene rings is 1. The second-order valence-corrected chi connectivity index (χ2v) is 5.63. The molecule has 1 atom stereocenters. The average molecular weight is 289 g/mol. The van der Waals surface area contributed by atoms with Crippen LogP contribution in [0.4, 0.5) is 8.78 Å². The molecule has 1 saturated carbocycles. The highest BCUT2D eigenvalue weighted by Gasteiger charge is 2.20. The van der Waals surface area contributed by atoms with Crippen LogP contribution in [0.2, 0.25) is 0 Å². The standard InChI is InChI=1S/C13H15BrF2/c14-11(7-9-3-1-2-4-9)10-5-6-12(15)13(16)8-10/h5-6,8-9,11H,1-4,7H2. The number of halogens is 3. The van der Waals surface area contributed by atoms with Crippen molar-refractivity contribution in [3.05, 3.63) is 35.4 Å². The summed E-state index contributed by atoms with van der Waals surface area (Å²) in [5.74, 6) is -0.796. The number of hydrogen-bond acceptors (Lipinski definition) is 0. The van der Waals surface area contributed by atoms with E-state index in [1.807, 2.05) is 0 Å². The summed E-state index contributed by atoms with van der Waals surface area (Å²) >= 11 is 3.57. The topological polar surface area (TPSA) is 0 Å². The summed E-state index contributed by atoms with van der Waals surface area (Å²) in [5, 5.41) is 0. The lowest BCUT2D eigenvalue weighted by atomic mass is 9.98. The molecule has 0 aromatic heterocycles. The summed E-state index contributed by atoms with van der Waals surface area (Å²) in [6.07, 6.45) is 6.17. The molecule has 1 unspecified atom stereocenters. The molecule has 0 N–H and O–H groups in total. The lowest BCUT2D eigenvalue weighted by molar-refractivity contribution is 0.492. The van der Waals surface area contributed by atoms with Gasteiger partial charge in [-0.1, -0.05) is 47.7 Å². The fourth-order valence-corrected chi connectivity index (χ4v) is 3.20. The van der Waals surface area contributed by atoms with Crippen molar-refractivity contribution in [1.29, 1.82) is 0 Å². The Bertz CT molecular complexity index is 359. The molecule has 1 aromatic rings. The molecule has 0 radical (unpaired) electrons. The summed E-state index contributed by atoms with van der Waals surface area (Å²) in [4.78, 5) is 0.144. The molecule has 1 fully saturated rings. The molecular formula is C13H15BrF2. The van der Waals surface area contributed by atoms with Crippen molar-refractivity contribution in [3.8, 4) is 0 Å². The molecule has 2 rings (SSSR count). The van der Waals surface area contributed by atoms with Crippen LogP contribution in [-0.2, 0) is 0 Å². The smallest absolute Gasteiger partial charge is 0.159 e. The predicted octanol–water partition coefficient (Wildman–Crippen LogP) is 4.98. The minimum Gasteiger partial charge on any atom is -0.204 e. The van der Waals surface area contributed by atoms with Crippen LogP contribution in [-0.4, -0.2) is 0 Å². The second-order valence-electron chi connectivity index (χ2n) is 4.53. The molecule has 16 heavy (non-hydrogen) atoms. The van der Waals surface area contributed by atoms with Crippen LogP contribution in [0.25, 0.3) is 0 Å². The Hall–Kier alpha value is -0.440. The van der Waals surface area contributed by atoms with E-state index >= 15 is 0 Å². The number of hydrogen-bond donors (Lipinski definition) is 0. The summed E-state index contributed by atoms with van der Waals surface area (Å²) in [5.41, 5.74) is 0.839. The zero-order valence-electron chi connectivity index (χ0n) is 9.06. The van der Waals surface area contributed by atoms with E-state index in [9.17, 15) is 8.78 Å². The van der Waals surface area contributed by atoms with Crippen LogP contribution < -0.4 is 0 Å². The maximum atomic E-state index is 13.1. The molecule has 0 spiro atoms. The summed E-state index contributed by atoms with van der Waals surface area (Å²) in [7, 11) is 0. The summed E-state index contributed by atoms with van der Waals surface area (Å²) in [6, 6.07) is 4.16. The quantitative estimate of drug-likeness (QED) is 0.688. The Morgan fingerprint density at radius 1 is 1.19 bits per heavy atom. The minimum atomic E-state index is -0.774. The van der Waals surface area contributed by atoms with E-state index in [-0.39, 0.29) is 4.83 Å². The van der Waals surface area contributed by atoms with Crippen molar-refractivity contribution in [2.24, 2.45) is 5.92 Å². The van der Waals surface area contributed by atoms with Crippen LogP contribution in [0.5, 0.6) is 0 Å². The minimum absolute atomic E-state index is 0.144. The first kappa shape index (κ1) is 12.0. The largest absolute Gasteiger partial charge is 0.204 e. The van der Waals surface area contributed by atoms with Crippen LogP contribution >= 0.6 is 15.9 Å². The van der Waals surface area contributed by atoms with Gasteiger partial charge in [-0.05, 0) is 30.0 Å². The number of alkyl halides is 1. The Balaban J connectivity index is 2.02. The third-order valence-electron chi connectivity index (χ3n) is 3.32. The monoisotopic (exact) mass is 288 g/mol. The first-order chi connectivity index (χ1) is 7.66. The molecule has 88 valence electrons. The molecule has 0 heterocycles. The van der Waals surface area contributed by atoms with Crippen molar-refractivity contribution < 1.29 is 8.78 Å². The Morgan fingerprint density at radius 2 is 1.88 bits per heavy atom. The van der Waals surface area contributed by atoms with Crippen molar-refractivity contribution in [2.45, 2.75) is 36.9 Å². The van der Waals surface area contributed by atoms with E-state index in [4.69, 9.17) is 0 Å². The highest BCUT2D eigenvalue weighted by Crippen LogP contribution is 2.37. The third-order valence-corrected chi connectivity index (χ3v) is 4.22.